The molecule has 92 valence electrons. The van der Waals surface area contributed by atoms with Crippen molar-refractivity contribution < 1.29 is 0 Å². The highest BCUT2D eigenvalue weighted by atomic mass is 32.2. The van der Waals surface area contributed by atoms with E-state index in [-0.39, 0.29) is 5.25 Å². The molecular formula is C12H12N4S2. The number of nitrogens with zero attached hydrogens (tertiary/aromatic N) is 3. The van der Waals surface area contributed by atoms with Gasteiger partial charge in [-0.05, 0) is 12.5 Å². The third-order valence-electron chi connectivity index (χ3n) is 2.15. The summed E-state index contributed by atoms with van der Waals surface area (Å²) < 4.78 is 0.819. The van der Waals surface area contributed by atoms with Crippen molar-refractivity contribution in [2.24, 2.45) is 0 Å². The fourth-order valence-electron chi connectivity index (χ4n) is 1.28. The molecule has 2 rings (SSSR count). The molecule has 1 aromatic carbocycles. The normalized spacial score (nSPS) is 11.8. The summed E-state index contributed by atoms with van der Waals surface area (Å²) in [5, 5.41) is 20.7. The molecule has 0 radical (unpaired) electrons. The lowest BCUT2D eigenvalue weighted by molar-refractivity contribution is 0.993. The van der Waals surface area contributed by atoms with E-state index in [9.17, 15) is 0 Å². The van der Waals surface area contributed by atoms with E-state index in [1.165, 1.54) is 28.7 Å². The van der Waals surface area contributed by atoms with E-state index in [0.717, 1.165) is 16.0 Å². The van der Waals surface area contributed by atoms with Gasteiger partial charge in [0.25, 0.3) is 0 Å². The van der Waals surface area contributed by atoms with Crippen LogP contribution in [0.1, 0.15) is 12.5 Å². The van der Waals surface area contributed by atoms with Crippen LogP contribution in [0.3, 0.4) is 0 Å². The largest absolute Gasteiger partial charge is 0.356 e. The number of aromatic nitrogens is 2. The van der Waals surface area contributed by atoms with Crippen molar-refractivity contribution in [3.8, 4) is 6.07 Å². The molecule has 0 fully saturated rings. The molecule has 0 saturated heterocycles. The van der Waals surface area contributed by atoms with Crippen LogP contribution in [-0.4, -0.2) is 15.4 Å². The van der Waals surface area contributed by atoms with Crippen LogP contribution in [0.5, 0.6) is 0 Å². The topological polar surface area (TPSA) is 61.6 Å². The molecule has 1 atom stereocenters. The Kier molecular flexibility index (Phi) is 4.56. The van der Waals surface area contributed by atoms with Crippen molar-refractivity contribution in [1.29, 1.82) is 5.26 Å². The van der Waals surface area contributed by atoms with Gasteiger partial charge in [-0.25, -0.2) is 0 Å². The molecule has 0 unspecified atom stereocenters. The molecule has 2 aromatic rings. The molecule has 0 bridgehead atoms. The lowest BCUT2D eigenvalue weighted by Crippen LogP contribution is -1.98. The average molecular weight is 276 g/mol. The first-order valence-corrected chi connectivity index (χ1v) is 7.15. The van der Waals surface area contributed by atoms with E-state index in [4.69, 9.17) is 5.26 Å². The van der Waals surface area contributed by atoms with Gasteiger partial charge in [-0.2, -0.15) is 5.26 Å². The zero-order chi connectivity index (χ0) is 12.8. The highest BCUT2D eigenvalue weighted by molar-refractivity contribution is 8.01. The zero-order valence-electron chi connectivity index (χ0n) is 9.83. The maximum Gasteiger partial charge on any atom is 0.206 e. The number of thioether (sulfide) groups is 1. The number of benzene rings is 1. The van der Waals surface area contributed by atoms with Gasteiger partial charge in [0.15, 0.2) is 4.34 Å². The van der Waals surface area contributed by atoms with E-state index in [0.29, 0.717) is 0 Å². The van der Waals surface area contributed by atoms with Crippen LogP contribution in [0.4, 0.5) is 5.13 Å². The van der Waals surface area contributed by atoms with E-state index in [1.54, 1.807) is 0 Å². The Labute approximate surface area is 114 Å². The maximum absolute atomic E-state index is 8.72. The Bertz CT molecular complexity index is 533. The molecule has 1 N–H and O–H groups in total. The number of nitriles is 1. The number of rotatable bonds is 5. The number of hydrogen-bond acceptors (Lipinski definition) is 6. The summed E-state index contributed by atoms with van der Waals surface area (Å²) in [6, 6.07) is 12.3. The molecule has 0 amide bonds. The van der Waals surface area contributed by atoms with Crippen molar-refractivity contribution in [1.82, 2.24) is 10.2 Å². The van der Waals surface area contributed by atoms with Crippen LogP contribution < -0.4 is 5.32 Å². The molecule has 1 heterocycles. The molecule has 0 aliphatic carbocycles. The Morgan fingerprint density at radius 1 is 1.39 bits per heavy atom. The predicted octanol–water partition coefficient (Wildman–Crippen LogP) is 3.15. The number of nitrogens with one attached hydrogen (secondary N) is 1. The lowest BCUT2D eigenvalue weighted by atomic mass is 10.2. The van der Waals surface area contributed by atoms with Crippen molar-refractivity contribution in [2.45, 2.75) is 23.1 Å². The van der Waals surface area contributed by atoms with Gasteiger partial charge in [0.2, 0.25) is 5.13 Å². The van der Waals surface area contributed by atoms with Gasteiger partial charge in [0.1, 0.15) is 0 Å². The standard InChI is InChI=1S/C12H12N4S2/c1-9(7-13)17-12-16-15-11(18-12)14-8-10-5-3-2-4-6-10/h2-6,9H,8H2,1H3,(H,14,15)/t9-/m0/s1. The van der Waals surface area contributed by atoms with Gasteiger partial charge in [-0.1, -0.05) is 53.4 Å². The third kappa shape index (κ3) is 3.72. The minimum absolute atomic E-state index is 0.0973. The summed E-state index contributed by atoms with van der Waals surface area (Å²) in [4.78, 5) is 0. The molecule has 0 aliphatic heterocycles. The quantitative estimate of drug-likeness (QED) is 0.850. The zero-order valence-corrected chi connectivity index (χ0v) is 11.5. The molecule has 1 aromatic heterocycles. The highest BCUT2D eigenvalue weighted by Crippen LogP contribution is 2.28. The van der Waals surface area contributed by atoms with E-state index in [1.807, 2.05) is 25.1 Å². The fraction of sp³-hybridized carbons (Fsp3) is 0.250. The second-order valence-corrected chi connectivity index (χ2v) is 6.17. The van der Waals surface area contributed by atoms with Crippen molar-refractivity contribution in [3.63, 3.8) is 0 Å². The van der Waals surface area contributed by atoms with Crippen molar-refractivity contribution in [3.05, 3.63) is 35.9 Å². The third-order valence-corrected chi connectivity index (χ3v) is 4.11. The Morgan fingerprint density at radius 3 is 2.89 bits per heavy atom. The molecular weight excluding hydrogens is 264 g/mol. The lowest BCUT2D eigenvalue weighted by Gasteiger charge is -2.01. The van der Waals surface area contributed by atoms with E-state index >= 15 is 0 Å². The Hall–Kier alpha value is -1.58. The average Bonchev–Trinajstić information content (AvgIpc) is 2.85. The molecule has 4 nitrogen and oxygen atoms in total. The van der Waals surface area contributed by atoms with Gasteiger partial charge >= 0.3 is 0 Å². The van der Waals surface area contributed by atoms with Gasteiger partial charge < -0.3 is 5.32 Å². The van der Waals surface area contributed by atoms with Gasteiger partial charge in [-0.3, -0.25) is 0 Å². The van der Waals surface area contributed by atoms with Crippen molar-refractivity contribution >= 4 is 28.2 Å². The second-order valence-electron chi connectivity index (χ2n) is 3.60. The molecule has 6 heteroatoms. The van der Waals surface area contributed by atoms with Gasteiger partial charge in [0.05, 0.1) is 11.3 Å². The minimum atomic E-state index is -0.0973. The van der Waals surface area contributed by atoms with Crippen LogP contribution in [0, 0.1) is 11.3 Å². The summed E-state index contributed by atoms with van der Waals surface area (Å²) in [5.41, 5.74) is 1.20. The summed E-state index contributed by atoms with van der Waals surface area (Å²) in [6.45, 7) is 2.58. The highest BCUT2D eigenvalue weighted by Gasteiger charge is 2.08. The first-order valence-electron chi connectivity index (χ1n) is 5.45. The number of anilines is 1. The summed E-state index contributed by atoms with van der Waals surface area (Å²) in [6.07, 6.45) is 0. The number of hydrogen-bond donors (Lipinski definition) is 1. The first kappa shape index (κ1) is 12.9. The Morgan fingerprint density at radius 2 is 2.17 bits per heavy atom. The van der Waals surface area contributed by atoms with Crippen LogP contribution in [0.2, 0.25) is 0 Å². The molecule has 0 saturated carbocycles. The van der Waals surface area contributed by atoms with Gasteiger partial charge in [0, 0.05) is 6.54 Å². The fourth-order valence-corrected chi connectivity index (χ4v) is 3.06. The SMILES string of the molecule is C[C@@H](C#N)Sc1nnc(NCc2ccccc2)s1. The maximum atomic E-state index is 8.72. The monoisotopic (exact) mass is 276 g/mol. The minimum Gasteiger partial charge on any atom is -0.356 e. The van der Waals surface area contributed by atoms with Crippen molar-refractivity contribution in [2.75, 3.05) is 5.32 Å². The summed E-state index contributed by atoms with van der Waals surface area (Å²) in [7, 11) is 0. The van der Waals surface area contributed by atoms with Crippen LogP contribution in [-0.2, 0) is 6.54 Å². The molecule has 0 spiro atoms. The van der Waals surface area contributed by atoms with E-state index in [2.05, 4.69) is 33.7 Å². The van der Waals surface area contributed by atoms with Crippen LogP contribution in [0.25, 0.3) is 0 Å². The summed E-state index contributed by atoms with van der Waals surface area (Å²) in [5.74, 6) is 0. The molecule has 0 aliphatic rings. The van der Waals surface area contributed by atoms with Crippen LogP contribution >= 0.6 is 23.1 Å². The Balaban J connectivity index is 1.89. The van der Waals surface area contributed by atoms with E-state index < -0.39 is 0 Å². The molecule has 18 heavy (non-hydrogen) atoms. The summed E-state index contributed by atoms with van der Waals surface area (Å²) >= 11 is 2.90. The second kappa shape index (κ2) is 6.38. The smallest absolute Gasteiger partial charge is 0.206 e. The predicted molar refractivity (Wildman–Crippen MR) is 74.6 cm³/mol. The first-order chi connectivity index (χ1) is 8.78. The van der Waals surface area contributed by atoms with Gasteiger partial charge in [-0.15, -0.1) is 10.2 Å². The van der Waals surface area contributed by atoms with Crippen LogP contribution in [0.15, 0.2) is 34.7 Å².